The van der Waals surface area contributed by atoms with E-state index < -0.39 is 0 Å². The van der Waals surface area contributed by atoms with Crippen molar-refractivity contribution in [1.29, 1.82) is 0 Å². The molecular formula is C13H23N5. The standard InChI is InChI=1S/C13H23N5/c1-6-8-15-13(14-4)16-9-7-12-10(2)17-18(5)11(12)3/h6H,1,7-9H2,2-5H3,(H2,14,15,16). The fraction of sp³-hybridized carbons (Fsp3) is 0.538. The van der Waals surface area contributed by atoms with E-state index >= 15 is 0 Å². The molecule has 0 fully saturated rings. The Hall–Kier alpha value is -1.78. The van der Waals surface area contributed by atoms with Crippen LogP contribution in [0, 0.1) is 13.8 Å². The summed E-state index contributed by atoms with van der Waals surface area (Å²) in [7, 11) is 3.74. The summed E-state index contributed by atoms with van der Waals surface area (Å²) in [6.45, 7) is 9.36. The summed E-state index contributed by atoms with van der Waals surface area (Å²) in [6, 6.07) is 0. The van der Waals surface area contributed by atoms with Crippen molar-refractivity contribution in [3.05, 3.63) is 29.6 Å². The number of nitrogens with zero attached hydrogens (tertiary/aromatic N) is 3. The van der Waals surface area contributed by atoms with Gasteiger partial charge in [0.2, 0.25) is 0 Å². The Kier molecular flexibility index (Phi) is 5.42. The summed E-state index contributed by atoms with van der Waals surface area (Å²) >= 11 is 0. The molecule has 0 radical (unpaired) electrons. The molecule has 0 atom stereocenters. The molecule has 0 aliphatic carbocycles. The Morgan fingerprint density at radius 3 is 2.67 bits per heavy atom. The van der Waals surface area contributed by atoms with E-state index in [-0.39, 0.29) is 0 Å². The van der Waals surface area contributed by atoms with Gasteiger partial charge >= 0.3 is 0 Å². The van der Waals surface area contributed by atoms with E-state index in [1.807, 2.05) is 24.7 Å². The maximum Gasteiger partial charge on any atom is 0.191 e. The summed E-state index contributed by atoms with van der Waals surface area (Å²) in [5.74, 6) is 0.800. The highest BCUT2D eigenvalue weighted by Gasteiger charge is 2.08. The van der Waals surface area contributed by atoms with Crippen molar-refractivity contribution >= 4 is 5.96 Å². The van der Waals surface area contributed by atoms with Crippen LogP contribution in [0.15, 0.2) is 17.6 Å². The summed E-state index contributed by atoms with van der Waals surface area (Å²) in [5.41, 5.74) is 3.64. The third-order valence-electron chi connectivity index (χ3n) is 2.96. The highest BCUT2D eigenvalue weighted by Crippen LogP contribution is 2.11. The highest BCUT2D eigenvalue weighted by molar-refractivity contribution is 5.79. The topological polar surface area (TPSA) is 54.2 Å². The van der Waals surface area contributed by atoms with Gasteiger partial charge in [-0.15, -0.1) is 6.58 Å². The predicted octanol–water partition coefficient (Wildman–Crippen LogP) is 0.930. The highest BCUT2D eigenvalue weighted by atomic mass is 15.3. The fourth-order valence-corrected chi connectivity index (χ4v) is 1.87. The van der Waals surface area contributed by atoms with Gasteiger partial charge in [0.25, 0.3) is 0 Å². The van der Waals surface area contributed by atoms with Crippen molar-refractivity contribution in [3.8, 4) is 0 Å². The lowest BCUT2D eigenvalue weighted by atomic mass is 10.1. The van der Waals surface area contributed by atoms with Gasteiger partial charge in [0.05, 0.1) is 5.69 Å². The number of rotatable bonds is 5. The minimum absolute atomic E-state index is 0.713. The molecule has 0 aromatic carbocycles. The molecule has 1 heterocycles. The average Bonchev–Trinajstić information content (AvgIpc) is 2.59. The lowest BCUT2D eigenvalue weighted by molar-refractivity contribution is 0.729. The van der Waals surface area contributed by atoms with Crippen LogP contribution in [0.5, 0.6) is 0 Å². The first-order chi connectivity index (χ1) is 8.60. The first kappa shape index (κ1) is 14.3. The molecule has 1 aromatic rings. The molecule has 18 heavy (non-hydrogen) atoms. The van der Waals surface area contributed by atoms with Gasteiger partial charge in [-0.3, -0.25) is 9.67 Å². The molecule has 5 nitrogen and oxygen atoms in total. The van der Waals surface area contributed by atoms with Gasteiger partial charge in [-0.2, -0.15) is 5.10 Å². The van der Waals surface area contributed by atoms with Gasteiger partial charge in [0, 0.05) is 32.9 Å². The van der Waals surface area contributed by atoms with Gasteiger partial charge in [0.15, 0.2) is 5.96 Å². The Balaban J connectivity index is 2.48. The Morgan fingerprint density at radius 1 is 1.44 bits per heavy atom. The number of guanidine groups is 1. The zero-order chi connectivity index (χ0) is 13.5. The van der Waals surface area contributed by atoms with Crippen LogP contribution in [0.3, 0.4) is 0 Å². The Bertz CT molecular complexity index is 431. The van der Waals surface area contributed by atoms with Crippen LogP contribution in [-0.2, 0) is 13.5 Å². The summed E-state index contributed by atoms with van der Waals surface area (Å²) < 4.78 is 1.93. The first-order valence-corrected chi connectivity index (χ1v) is 6.14. The molecule has 100 valence electrons. The van der Waals surface area contributed by atoms with Crippen molar-refractivity contribution in [2.75, 3.05) is 20.1 Å². The Morgan fingerprint density at radius 2 is 2.17 bits per heavy atom. The second-order valence-corrected chi connectivity index (χ2v) is 4.19. The third kappa shape index (κ3) is 3.61. The quantitative estimate of drug-likeness (QED) is 0.464. The maximum atomic E-state index is 4.41. The monoisotopic (exact) mass is 249 g/mol. The van der Waals surface area contributed by atoms with Gasteiger partial charge in [-0.25, -0.2) is 0 Å². The van der Waals surface area contributed by atoms with Crippen LogP contribution in [-0.4, -0.2) is 35.9 Å². The fourth-order valence-electron chi connectivity index (χ4n) is 1.87. The summed E-state index contributed by atoms with van der Waals surface area (Å²) in [6.07, 6.45) is 2.75. The molecule has 0 saturated heterocycles. The van der Waals surface area contributed by atoms with Crippen LogP contribution in [0.1, 0.15) is 17.0 Å². The van der Waals surface area contributed by atoms with Crippen LogP contribution in [0.4, 0.5) is 0 Å². The zero-order valence-corrected chi connectivity index (χ0v) is 11.7. The van der Waals surface area contributed by atoms with E-state index in [1.54, 1.807) is 7.05 Å². The van der Waals surface area contributed by atoms with Gasteiger partial charge in [-0.05, 0) is 25.8 Å². The zero-order valence-electron chi connectivity index (χ0n) is 11.7. The van der Waals surface area contributed by atoms with Gasteiger partial charge < -0.3 is 10.6 Å². The number of nitrogens with one attached hydrogen (secondary N) is 2. The molecule has 0 amide bonds. The minimum Gasteiger partial charge on any atom is -0.356 e. The van der Waals surface area contributed by atoms with Gasteiger partial charge in [0.1, 0.15) is 0 Å². The van der Waals surface area contributed by atoms with E-state index in [0.717, 1.165) is 24.6 Å². The molecule has 2 N–H and O–H groups in total. The number of hydrogen-bond donors (Lipinski definition) is 2. The minimum atomic E-state index is 0.713. The lowest BCUT2D eigenvalue weighted by Crippen LogP contribution is -2.38. The van der Waals surface area contributed by atoms with Crippen LogP contribution in [0.2, 0.25) is 0 Å². The van der Waals surface area contributed by atoms with E-state index in [9.17, 15) is 0 Å². The molecule has 0 aliphatic rings. The first-order valence-electron chi connectivity index (χ1n) is 6.14. The van der Waals surface area contributed by atoms with Crippen molar-refractivity contribution in [2.45, 2.75) is 20.3 Å². The van der Waals surface area contributed by atoms with Crippen molar-refractivity contribution < 1.29 is 0 Å². The van der Waals surface area contributed by atoms with Crippen LogP contribution >= 0.6 is 0 Å². The van der Waals surface area contributed by atoms with E-state index in [1.165, 1.54) is 11.3 Å². The second-order valence-electron chi connectivity index (χ2n) is 4.19. The molecule has 1 aromatic heterocycles. The van der Waals surface area contributed by atoms with Crippen molar-refractivity contribution in [2.24, 2.45) is 12.0 Å². The molecule has 0 spiro atoms. The third-order valence-corrected chi connectivity index (χ3v) is 2.96. The molecule has 5 heteroatoms. The predicted molar refractivity (Wildman–Crippen MR) is 75.9 cm³/mol. The lowest BCUT2D eigenvalue weighted by Gasteiger charge is -2.10. The molecule has 1 rings (SSSR count). The maximum absolute atomic E-state index is 4.41. The van der Waals surface area contributed by atoms with Crippen molar-refractivity contribution in [3.63, 3.8) is 0 Å². The molecular weight excluding hydrogens is 226 g/mol. The number of aryl methyl sites for hydroxylation is 2. The summed E-state index contributed by atoms with van der Waals surface area (Å²) in [4.78, 5) is 4.13. The Labute approximate surface area is 109 Å². The second kappa shape index (κ2) is 6.83. The number of aliphatic imine (C=N–C) groups is 1. The molecule has 0 bridgehead atoms. The van der Waals surface area contributed by atoms with Crippen molar-refractivity contribution in [1.82, 2.24) is 20.4 Å². The average molecular weight is 249 g/mol. The van der Waals surface area contributed by atoms with Crippen LogP contribution < -0.4 is 10.6 Å². The molecule has 0 unspecified atom stereocenters. The van der Waals surface area contributed by atoms with Gasteiger partial charge in [-0.1, -0.05) is 6.08 Å². The smallest absolute Gasteiger partial charge is 0.191 e. The van der Waals surface area contributed by atoms with E-state index in [4.69, 9.17) is 0 Å². The van der Waals surface area contributed by atoms with E-state index in [0.29, 0.717) is 6.54 Å². The number of hydrogen-bond acceptors (Lipinski definition) is 2. The SMILES string of the molecule is C=CCNC(=NC)NCCc1c(C)nn(C)c1C. The van der Waals surface area contributed by atoms with E-state index in [2.05, 4.69) is 34.2 Å². The molecule has 0 saturated carbocycles. The largest absolute Gasteiger partial charge is 0.356 e. The molecule has 0 aliphatic heterocycles. The summed E-state index contributed by atoms with van der Waals surface area (Å²) in [5, 5.41) is 10.8. The normalized spacial score (nSPS) is 11.4. The van der Waals surface area contributed by atoms with Crippen LogP contribution in [0.25, 0.3) is 0 Å². The number of aromatic nitrogens is 2.